The lowest BCUT2D eigenvalue weighted by atomic mass is 10.2. The third-order valence-electron chi connectivity index (χ3n) is 2.69. The molecule has 1 aromatic carbocycles. The molecular weight excluding hydrogens is 258 g/mol. The van der Waals surface area contributed by atoms with Gasteiger partial charge in [-0.05, 0) is 31.2 Å². The van der Waals surface area contributed by atoms with Crippen molar-refractivity contribution >= 4 is 17.6 Å². The fourth-order valence-electron chi connectivity index (χ4n) is 1.73. The van der Waals surface area contributed by atoms with Crippen LogP contribution in [0.25, 0.3) is 0 Å². The summed E-state index contributed by atoms with van der Waals surface area (Å²) >= 11 is 0. The van der Waals surface area contributed by atoms with E-state index < -0.39 is 5.97 Å². The molecule has 20 heavy (non-hydrogen) atoms. The van der Waals surface area contributed by atoms with Gasteiger partial charge in [0.1, 0.15) is 5.69 Å². The first-order chi connectivity index (χ1) is 9.61. The molecule has 1 amide bonds. The summed E-state index contributed by atoms with van der Waals surface area (Å²) in [5, 5.41) is 6.65. The predicted octanol–water partition coefficient (Wildman–Crippen LogP) is 1.85. The number of benzene rings is 1. The fraction of sp³-hybridized carbons (Fsp3) is 0.214. The molecule has 1 N–H and O–H groups in total. The van der Waals surface area contributed by atoms with Crippen LogP contribution in [0.3, 0.4) is 0 Å². The number of esters is 1. The number of nitrogens with one attached hydrogen (secondary N) is 1. The van der Waals surface area contributed by atoms with Crippen LogP contribution in [0, 0.1) is 0 Å². The molecule has 0 saturated heterocycles. The monoisotopic (exact) mass is 273 g/mol. The van der Waals surface area contributed by atoms with Crippen LogP contribution < -0.4 is 5.32 Å². The maximum absolute atomic E-state index is 12.0. The Bertz CT molecular complexity index is 634. The first kappa shape index (κ1) is 13.8. The largest absolute Gasteiger partial charge is 0.462 e. The number of hydrogen-bond donors (Lipinski definition) is 1. The van der Waals surface area contributed by atoms with Crippen LogP contribution >= 0.6 is 0 Å². The Kier molecular flexibility index (Phi) is 4.14. The van der Waals surface area contributed by atoms with E-state index in [0.29, 0.717) is 23.6 Å². The molecule has 0 saturated carbocycles. The van der Waals surface area contributed by atoms with Gasteiger partial charge in [0.2, 0.25) is 0 Å². The fourth-order valence-corrected chi connectivity index (χ4v) is 1.73. The molecule has 1 heterocycles. The molecule has 0 atom stereocenters. The van der Waals surface area contributed by atoms with Crippen LogP contribution in [0.15, 0.2) is 36.5 Å². The summed E-state index contributed by atoms with van der Waals surface area (Å²) in [5.41, 5.74) is 1.36. The molecule has 6 heteroatoms. The molecule has 0 aliphatic heterocycles. The smallest absolute Gasteiger partial charge is 0.338 e. The van der Waals surface area contributed by atoms with Crippen LogP contribution in [0.5, 0.6) is 0 Å². The van der Waals surface area contributed by atoms with Crippen molar-refractivity contribution in [3.63, 3.8) is 0 Å². The van der Waals surface area contributed by atoms with Crippen molar-refractivity contribution in [2.75, 3.05) is 11.9 Å². The van der Waals surface area contributed by atoms with Crippen LogP contribution in [0.2, 0.25) is 0 Å². The molecule has 0 unspecified atom stereocenters. The number of aromatic nitrogens is 2. The number of aryl methyl sites for hydroxylation is 1. The van der Waals surface area contributed by atoms with Gasteiger partial charge in [0.15, 0.2) is 0 Å². The van der Waals surface area contributed by atoms with E-state index in [2.05, 4.69) is 10.4 Å². The van der Waals surface area contributed by atoms with Crippen molar-refractivity contribution in [2.24, 2.45) is 7.05 Å². The molecule has 0 fully saturated rings. The summed E-state index contributed by atoms with van der Waals surface area (Å²) in [6.07, 6.45) is 1.55. The quantitative estimate of drug-likeness (QED) is 0.863. The van der Waals surface area contributed by atoms with Gasteiger partial charge < -0.3 is 10.1 Å². The third kappa shape index (κ3) is 3.03. The number of rotatable bonds is 4. The Morgan fingerprint density at radius 1 is 1.35 bits per heavy atom. The molecule has 0 aliphatic rings. The molecule has 0 radical (unpaired) electrons. The van der Waals surface area contributed by atoms with E-state index in [-0.39, 0.29) is 5.91 Å². The lowest BCUT2D eigenvalue weighted by molar-refractivity contribution is 0.0526. The summed E-state index contributed by atoms with van der Waals surface area (Å²) in [4.78, 5) is 23.6. The van der Waals surface area contributed by atoms with Gasteiger partial charge in [-0.3, -0.25) is 9.48 Å². The van der Waals surface area contributed by atoms with E-state index in [1.807, 2.05) is 0 Å². The number of carbonyl (C=O) groups is 2. The van der Waals surface area contributed by atoms with Gasteiger partial charge in [-0.25, -0.2) is 4.79 Å². The van der Waals surface area contributed by atoms with Crippen molar-refractivity contribution in [2.45, 2.75) is 6.92 Å². The second-order valence-electron chi connectivity index (χ2n) is 4.10. The number of carbonyl (C=O) groups excluding carboxylic acids is 2. The van der Waals surface area contributed by atoms with Crippen molar-refractivity contribution in [1.29, 1.82) is 0 Å². The van der Waals surface area contributed by atoms with Crippen LogP contribution in [0.4, 0.5) is 5.69 Å². The molecule has 104 valence electrons. The SMILES string of the molecule is CCOC(=O)c1cccc(NC(=O)c2ccnn2C)c1. The van der Waals surface area contributed by atoms with E-state index in [0.717, 1.165) is 0 Å². The minimum absolute atomic E-state index is 0.286. The second-order valence-corrected chi connectivity index (χ2v) is 4.10. The zero-order chi connectivity index (χ0) is 14.5. The van der Waals surface area contributed by atoms with Gasteiger partial charge in [0.05, 0.1) is 12.2 Å². The highest BCUT2D eigenvalue weighted by Crippen LogP contribution is 2.13. The first-order valence-electron chi connectivity index (χ1n) is 6.18. The first-order valence-corrected chi connectivity index (χ1v) is 6.18. The van der Waals surface area contributed by atoms with Gasteiger partial charge in [-0.1, -0.05) is 6.07 Å². The highest BCUT2D eigenvalue weighted by molar-refractivity contribution is 6.03. The number of ether oxygens (including phenoxy) is 1. The zero-order valence-corrected chi connectivity index (χ0v) is 11.3. The van der Waals surface area contributed by atoms with Crippen molar-refractivity contribution < 1.29 is 14.3 Å². The zero-order valence-electron chi connectivity index (χ0n) is 11.3. The molecule has 1 aromatic heterocycles. The molecule has 0 spiro atoms. The summed E-state index contributed by atoms with van der Waals surface area (Å²) in [5.74, 6) is -0.699. The summed E-state index contributed by atoms with van der Waals surface area (Å²) in [6.45, 7) is 2.05. The van der Waals surface area contributed by atoms with Crippen LogP contribution in [0.1, 0.15) is 27.8 Å². The van der Waals surface area contributed by atoms with E-state index in [1.54, 1.807) is 50.5 Å². The molecule has 0 bridgehead atoms. The second kappa shape index (κ2) is 6.01. The predicted molar refractivity (Wildman–Crippen MR) is 73.6 cm³/mol. The molecular formula is C14H15N3O3. The Morgan fingerprint density at radius 3 is 2.80 bits per heavy atom. The average Bonchev–Trinajstić information content (AvgIpc) is 2.85. The van der Waals surface area contributed by atoms with E-state index in [1.165, 1.54) is 4.68 Å². The van der Waals surface area contributed by atoms with Gasteiger partial charge in [-0.15, -0.1) is 0 Å². The summed E-state index contributed by atoms with van der Waals surface area (Å²) in [6, 6.07) is 8.22. The Hall–Kier alpha value is -2.63. The van der Waals surface area contributed by atoms with Crippen LogP contribution in [-0.4, -0.2) is 28.3 Å². The van der Waals surface area contributed by atoms with E-state index >= 15 is 0 Å². The number of amides is 1. The molecule has 6 nitrogen and oxygen atoms in total. The minimum atomic E-state index is -0.413. The summed E-state index contributed by atoms with van der Waals surface area (Å²) < 4.78 is 6.39. The van der Waals surface area contributed by atoms with Gasteiger partial charge in [0.25, 0.3) is 5.91 Å². The van der Waals surface area contributed by atoms with Crippen molar-refractivity contribution in [3.05, 3.63) is 47.8 Å². The standard InChI is InChI=1S/C14H15N3O3/c1-3-20-14(19)10-5-4-6-11(9-10)16-13(18)12-7-8-15-17(12)2/h4-9H,3H2,1-2H3,(H,16,18). The normalized spacial score (nSPS) is 10.1. The lowest BCUT2D eigenvalue weighted by Gasteiger charge is -2.07. The number of hydrogen-bond acceptors (Lipinski definition) is 4. The maximum Gasteiger partial charge on any atom is 0.338 e. The number of nitrogens with zero attached hydrogens (tertiary/aromatic N) is 2. The maximum atomic E-state index is 12.0. The van der Waals surface area contributed by atoms with Crippen LogP contribution in [-0.2, 0) is 11.8 Å². The highest BCUT2D eigenvalue weighted by atomic mass is 16.5. The van der Waals surface area contributed by atoms with Crippen molar-refractivity contribution in [1.82, 2.24) is 9.78 Å². The third-order valence-corrected chi connectivity index (χ3v) is 2.69. The Labute approximate surface area is 116 Å². The highest BCUT2D eigenvalue weighted by Gasteiger charge is 2.12. The average molecular weight is 273 g/mol. The molecule has 0 aliphatic carbocycles. The molecule has 2 rings (SSSR count). The van der Waals surface area contributed by atoms with Gasteiger partial charge in [0, 0.05) is 18.9 Å². The Balaban J connectivity index is 2.14. The Morgan fingerprint density at radius 2 is 2.15 bits per heavy atom. The molecule has 2 aromatic rings. The lowest BCUT2D eigenvalue weighted by Crippen LogP contribution is -2.16. The van der Waals surface area contributed by atoms with Crippen molar-refractivity contribution in [3.8, 4) is 0 Å². The van der Waals surface area contributed by atoms with E-state index in [4.69, 9.17) is 4.74 Å². The van der Waals surface area contributed by atoms with E-state index in [9.17, 15) is 9.59 Å². The van der Waals surface area contributed by atoms with Gasteiger partial charge >= 0.3 is 5.97 Å². The minimum Gasteiger partial charge on any atom is -0.462 e. The summed E-state index contributed by atoms with van der Waals surface area (Å²) in [7, 11) is 1.68. The topological polar surface area (TPSA) is 73.2 Å². The number of anilines is 1. The van der Waals surface area contributed by atoms with Gasteiger partial charge in [-0.2, -0.15) is 5.10 Å².